The molecule has 0 saturated carbocycles. The zero-order valence-electron chi connectivity index (χ0n) is 11.9. The highest BCUT2D eigenvalue weighted by molar-refractivity contribution is 5.78. The fraction of sp³-hybridized carbons (Fsp3) is 0.588. The molecule has 1 aliphatic heterocycles. The number of Topliss-reactive ketones (excluding diaryl/α,β-unsaturated/α-hetero) is 1. The molecule has 2 unspecified atom stereocenters. The van der Waals surface area contributed by atoms with Gasteiger partial charge in [-0.2, -0.15) is 0 Å². The van der Waals surface area contributed by atoms with E-state index in [0.29, 0.717) is 24.0 Å². The number of hydrogen-bond donors (Lipinski definition) is 1. The Balaban J connectivity index is 1.71. The van der Waals surface area contributed by atoms with Crippen LogP contribution in [0.4, 0.5) is 0 Å². The minimum absolute atomic E-state index is 0.418. The van der Waals surface area contributed by atoms with Crippen molar-refractivity contribution in [3.05, 3.63) is 35.9 Å². The molecule has 1 fully saturated rings. The molecule has 1 N–H and O–H groups in total. The quantitative estimate of drug-likeness (QED) is 0.850. The van der Waals surface area contributed by atoms with E-state index in [1.165, 1.54) is 18.4 Å². The Bertz CT molecular complexity index is 382. The number of nitrogens with one attached hydrogen (secondary N) is 1. The lowest BCUT2D eigenvalue weighted by Gasteiger charge is -2.28. The number of rotatable bonds is 6. The molecule has 1 aromatic rings. The third-order valence-corrected chi connectivity index (χ3v) is 4.22. The van der Waals surface area contributed by atoms with Crippen LogP contribution in [0.15, 0.2) is 30.3 Å². The Morgan fingerprint density at radius 1 is 1.37 bits per heavy atom. The van der Waals surface area contributed by atoms with Gasteiger partial charge in [0.15, 0.2) is 0 Å². The summed E-state index contributed by atoms with van der Waals surface area (Å²) in [4.78, 5) is 12.0. The lowest BCUT2D eigenvalue weighted by molar-refractivity contribution is -0.120. The summed E-state index contributed by atoms with van der Waals surface area (Å²) < 4.78 is 0. The third-order valence-electron chi connectivity index (χ3n) is 4.22. The van der Waals surface area contributed by atoms with Gasteiger partial charge in [0, 0.05) is 12.8 Å². The van der Waals surface area contributed by atoms with Crippen LogP contribution in [0.5, 0.6) is 0 Å². The molecule has 2 nitrogen and oxygen atoms in total. The van der Waals surface area contributed by atoms with Crippen LogP contribution in [0.2, 0.25) is 0 Å². The van der Waals surface area contributed by atoms with Crippen molar-refractivity contribution in [2.45, 2.75) is 39.0 Å². The van der Waals surface area contributed by atoms with E-state index in [9.17, 15) is 4.79 Å². The second kappa shape index (κ2) is 7.44. The smallest absolute Gasteiger partial charge is 0.133 e. The van der Waals surface area contributed by atoms with E-state index in [2.05, 4.69) is 24.4 Å². The summed E-state index contributed by atoms with van der Waals surface area (Å²) in [5, 5.41) is 3.44. The first-order valence-corrected chi connectivity index (χ1v) is 7.52. The normalized spacial score (nSPS) is 21.0. The molecular formula is C17H25NO. The highest BCUT2D eigenvalue weighted by atomic mass is 16.1. The number of piperidine rings is 1. The average molecular weight is 259 g/mol. The Labute approximate surface area is 116 Å². The highest BCUT2D eigenvalue weighted by Crippen LogP contribution is 2.23. The van der Waals surface area contributed by atoms with E-state index >= 15 is 0 Å². The minimum Gasteiger partial charge on any atom is -0.316 e. The number of carbonyl (C=O) groups is 1. The first kappa shape index (κ1) is 14.3. The molecule has 2 rings (SSSR count). The third kappa shape index (κ3) is 4.79. The van der Waals surface area contributed by atoms with Crippen molar-refractivity contribution in [1.82, 2.24) is 5.32 Å². The fourth-order valence-corrected chi connectivity index (χ4v) is 2.92. The van der Waals surface area contributed by atoms with Crippen LogP contribution in [-0.4, -0.2) is 18.9 Å². The van der Waals surface area contributed by atoms with Gasteiger partial charge in [0.2, 0.25) is 0 Å². The van der Waals surface area contributed by atoms with Gasteiger partial charge in [-0.3, -0.25) is 4.79 Å². The summed E-state index contributed by atoms with van der Waals surface area (Å²) in [7, 11) is 0. The Morgan fingerprint density at radius 2 is 2.16 bits per heavy atom. The van der Waals surface area contributed by atoms with Crippen molar-refractivity contribution in [3.63, 3.8) is 0 Å². The first-order chi connectivity index (χ1) is 9.25. The van der Waals surface area contributed by atoms with Gasteiger partial charge in [0.25, 0.3) is 0 Å². The van der Waals surface area contributed by atoms with E-state index in [1.807, 2.05) is 18.2 Å². The number of hydrogen-bond acceptors (Lipinski definition) is 2. The van der Waals surface area contributed by atoms with Crippen molar-refractivity contribution in [2.24, 2.45) is 11.8 Å². The van der Waals surface area contributed by atoms with Crippen LogP contribution in [0.3, 0.4) is 0 Å². The molecule has 0 spiro atoms. The molecule has 2 atom stereocenters. The van der Waals surface area contributed by atoms with Gasteiger partial charge < -0.3 is 5.32 Å². The maximum absolute atomic E-state index is 12.0. The Kier molecular flexibility index (Phi) is 5.59. The molecule has 0 radical (unpaired) electrons. The molecule has 0 bridgehead atoms. The molecule has 2 heteroatoms. The largest absolute Gasteiger partial charge is 0.316 e. The zero-order valence-corrected chi connectivity index (χ0v) is 11.9. The van der Waals surface area contributed by atoms with E-state index in [-0.39, 0.29) is 0 Å². The monoisotopic (exact) mass is 259 g/mol. The van der Waals surface area contributed by atoms with Crippen LogP contribution in [-0.2, 0) is 11.2 Å². The summed E-state index contributed by atoms with van der Waals surface area (Å²) in [5.74, 6) is 1.63. The molecule has 1 aliphatic rings. The van der Waals surface area contributed by atoms with Crippen molar-refractivity contribution in [3.8, 4) is 0 Å². The summed E-state index contributed by atoms with van der Waals surface area (Å²) in [6, 6.07) is 10.3. The first-order valence-electron chi connectivity index (χ1n) is 7.52. The molecule has 0 aromatic heterocycles. The Hall–Kier alpha value is -1.15. The van der Waals surface area contributed by atoms with Gasteiger partial charge in [0.05, 0.1) is 0 Å². The summed E-state index contributed by atoms with van der Waals surface area (Å²) >= 11 is 0. The number of aryl methyl sites for hydroxylation is 1. The molecule has 1 aromatic carbocycles. The average Bonchev–Trinajstić information content (AvgIpc) is 2.47. The molecule has 104 valence electrons. The number of carbonyl (C=O) groups excluding carboxylic acids is 1. The zero-order chi connectivity index (χ0) is 13.5. The van der Waals surface area contributed by atoms with E-state index in [4.69, 9.17) is 0 Å². The summed E-state index contributed by atoms with van der Waals surface area (Å²) in [6.45, 7) is 4.47. The van der Waals surface area contributed by atoms with Gasteiger partial charge in [-0.25, -0.2) is 0 Å². The van der Waals surface area contributed by atoms with Gasteiger partial charge in [-0.05, 0) is 49.8 Å². The molecular weight excluding hydrogens is 234 g/mol. The van der Waals surface area contributed by atoms with Crippen molar-refractivity contribution >= 4 is 5.78 Å². The number of benzene rings is 1. The standard InChI is InChI=1S/C17H25NO/c1-14(16-8-5-11-18-13-16)12-17(19)10-9-15-6-3-2-4-7-15/h2-4,6-7,14,16,18H,5,8-13H2,1H3. The van der Waals surface area contributed by atoms with Gasteiger partial charge in [-0.15, -0.1) is 0 Å². The molecule has 0 amide bonds. The van der Waals surface area contributed by atoms with Crippen LogP contribution >= 0.6 is 0 Å². The Morgan fingerprint density at radius 3 is 2.84 bits per heavy atom. The molecule has 0 aliphatic carbocycles. The lowest BCUT2D eigenvalue weighted by atomic mass is 9.84. The van der Waals surface area contributed by atoms with Crippen molar-refractivity contribution in [1.29, 1.82) is 0 Å². The van der Waals surface area contributed by atoms with E-state index < -0.39 is 0 Å². The number of ketones is 1. The van der Waals surface area contributed by atoms with Crippen LogP contribution in [0.1, 0.15) is 38.2 Å². The molecule has 19 heavy (non-hydrogen) atoms. The fourth-order valence-electron chi connectivity index (χ4n) is 2.92. The van der Waals surface area contributed by atoms with Gasteiger partial charge in [0.1, 0.15) is 5.78 Å². The van der Waals surface area contributed by atoms with Crippen LogP contribution < -0.4 is 5.32 Å². The topological polar surface area (TPSA) is 29.1 Å². The maximum Gasteiger partial charge on any atom is 0.133 e. The second-order valence-corrected chi connectivity index (χ2v) is 5.81. The summed E-state index contributed by atoms with van der Waals surface area (Å²) in [6.07, 6.45) is 4.86. The van der Waals surface area contributed by atoms with E-state index in [1.54, 1.807) is 0 Å². The lowest BCUT2D eigenvalue weighted by Crippen LogP contribution is -2.34. The molecule has 1 heterocycles. The van der Waals surface area contributed by atoms with Gasteiger partial charge in [-0.1, -0.05) is 37.3 Å². The summed E-state index contributed by atoms with van der Waals surface area (Å²) in [5.41, 5.74) is 1.27. The molecule has 1 saturated heterocycles. The van der Waals surface area contributed by atoms with Crippen molar-refractivity contribution < 1.29 is 4.79 Å². The van der Waals surface area contributed by atoms with Crippen LogP contribution in [0, 0.1) is 11.8 Å². The van der Waals surface area contributed by atoms with Crippen LogP contribution in [0.25, 0.3) is 0 Å². The second-order valence-electron chi connectivity index (χ2n) is 5.81. The predicted octanol–water partition coefficient (Wildman–Crippen LogP) is 3.21. The predicted molar refractivity (Wildman–Crippen MR) is 79.1 cm³/mol. The van der Waals surface area contributed by atoms with E-state index in [0.717, 1.165) is 25.9 Å². The highest BCUT2D eigenvalue weighted by Gasteiger charge is 2.21. The minimum atomic E-state index is 0.418. The maximum atomic E-state index is 12.0. The van der Waals surface area contributed by atoms with Crippen molar-refractivity contribution in [2.75, 3.05) is 13.1 Å². The van der Waals surface area contributed by atoms with Gasteiger partial charge >= 0.3 is 0 Å². The SMILES string of the molecule is CC(CC(=O)CCc1ccccc1)C1CCCNC1.